The molecule has 0 bridgehead atoms. The van der Waals surface area contributed by atoms with E-state index in [1.165, 1.54) is 0 Å². The molecule has 2 fully saturated rings. The molecular weight excluding hydrogens is 308 g/mol. The van der Waals surface area contributed by atoms with Crippen molar-refractivity contribution in [1.82, 2.24) is 0 Å². The van der Waals surface area contributed by atoms with E-state index < -0.39 is 14.4 Å². The first-order chi connectivity index (χ1) is 10.6. The molecule has 2 rings (SSSR count). The normalized spacial score (nSPS) is 33.2. The summed E-state index contributed by atoms with van der Waals surface area (Å²) in [6.07, 6.45) is 3.27. The average molecular weight is 343 g/mol. The van der Waals surface area contributed by atoms with E-state index >= 15 is 0 Å². The van der Waals surface area contributed by atoms with Crippen LogP contribution < -0.4 is 0 Å². The first-order valence-electron chi connectivity index (χ1n) is 8.89. The highest BCUT2D eigenvalue weighted by atomic mass is 28.4. The van der Waals surface area contributed by atoms with Crippen molar-refractivity contribution in [2.75, 3.05) is 13.2 Å². The van der Waals surface area contributed by atoms with Crippen molar-refractivity contribution >= 4 is 8.32 Å². The lowest BCUT2D eigenvalue weighted by atomic mass is 10.0. The second-order valence-electron chi connectivity index (χ2n) is 8.48. The van der Waals surface area contributed by atoms with Gasteiger partial charge in [-0.05, 0) is 43.0 Å². The second kappa shape index (κ2) is 7.36. The van der Waals surface area contributed by atoms with Crippen LogP contribution in [0, 0.1) is 5.92 Å². The van der Waals surface area contributed by atoms with Crippen molar-refractivity contribution in [3.05, 3.63) is 12.2 Å². The Morgan fingerprint density at radius 2 is 2.00 bits per heavy atom. The van der Waals surface area contributed by atoms with Gasteiger partial charge in [0, 0.05) is 18.9 Å². The van der Waals surface area contributed by atoms with E-state index in [0.717, 1.165) is 31.4 Å². The highest BCUT2D eigenvalue weighted by molar-refractivity contribution is 6.74. The molecule has 0 aromatic heterocycles. The van der Waals surface area contributed by atoms with Crippen molar-refractivity contribution in [2.24, 2.45) is 5.92 Å². The highest BCUT2D eigenvalue weighted by Gasteiger charge is 2.45. The van der Waals surface area contributed by atoms with Crippen molar-refractivity contribution in [3.8, 4) is 0 Å². The number of ether oxygens (including phenoxy) is 2. The highest BCUT2D eigenvalue weighted by Crippen LogP contribution is 2.42. The van der Waals surface area contributed by atoms with Gasteiger partial charge in [0.2, 0.25) is 0 Å². The summed E-state index contributed by atoms with van der Waals surface area (Å²) in [4.78, 5) is 0. The zero-order valence-electron chi connectivity index (χ0n) is 15.4. The third kappa shape index (κ3) is 4.66. The van der Waals surface area contributed by atoms with Gasteiger partial charge in [0.05, 0.1) is 18.8 Å². The van der Waals surface area contributed by atoms with Gasteiger partial charge in [-0.1, -0.05) is 27.4 Å². The quantitative estimate of drug-likeness (QED) is 0.609. The standard InChI is InChI=1S/C18H34O4Si/c1-13-14(12-21-17-9-7-8-10-20-17)16(11-15(13)19)22-23(5,6)18(2,3)4/h14-17,19H,1,7-12H2,2-6H3/t14-,15+,16-,17?/m0/s1. The van der Waals surface area contributed by atoms with Crippen LogP contribution in [-0.2, 0) is 13.9 Å². The lowest BCUT2D eigenvalue weighted by Gasteiger charge is -2.40. The van der Waals surface area contributed by atoms with Gasteiger partial charge in [-0.3, -0.25) is 0 Å². The fourth-order valence-electron chi connectivity index (χ4n) is 2.98. The third-order valence-electron chi connectivity index (χ3n) is 5.66. The Labute approximate surface area is 142 Å². The molecule has 4 atom stereocenters. The van der Waals surface area contributed by atoms with E-state index in [4.69, 9.17) is 13.9 Å². The Morgan fingerprint density at radius 1 is 1.30 bits per heavy atom. The molecule has 0 aromatic rings. The molecule has 1 aliphatic heterocycles. The molecule has 1 N–H and O–H groups in total. The number of hydrogen-bond acceptors (Lipinski definition) is 4. The van der Waals surface area contributed by atoms with Crippen molar-refractivity contribution < 1.29 is 19.0 Å². The van der Waals surface area contributed by atoms with Crippen LogP contribution in [0.2, 0.25) is 18.1 Å². The molecule has 5 heteroatoms. The average Bonchev–Trinajstić information content (AvgIpc) is 2.71. The van der Waals surface area contributed by atoms with Gasteiger partial charge in [-0.15, -0.1) is 0 Å². The van der Waals surface area contributed by atoms with E-state index in [0.29, 0.717) is 13.0 Å². The van der Waals surface area contributed by atoms with Gasteiger partial charge in [0.25, 0.3) is 0 Å². The molecule has 1 heterocycles. The number of aliphatic hydroxyl groups excluding tert-OH is 1. The predicted octanol–water partition coefficient (Wildman–Crippen LogP) is 3.86. The second-order valence-corrected chi connectivity index (χ2v) is 13.2. The molecule has 1 saturated carbocycles. The van der Waals surface area contributed by atoms with Gasteiger partial charge in [-0.2, -0.15) is 0 Å². The number of aliphatic hydroxyl groups is 1. The lowest BCUT2D eigenvalue weighted by Crippen LogP contribution is -2.45. The maximum Gasteiger partial charge on any atom is 0.192 e. The molecule has 0 aromatic carbocycles. The molecule has 0 radical (unpaired) electrons. The fourth-order valence-corrected chi connectivity index (χ4v) is 4.35. The Bertz CT molecular complexity index is 410. The van der Waals surface area contributed by atoms with E-state index in [9.17, 15) is 5.11 Å². The summed E-state index contributed by atoms with van der Waals surface area (Å²) < 4.78 is 18.2. The van der Waals surface area contributed by atoms with Crippen molar-refractivity contribution in [3.63, 3.8) is 0 Å². The minimum Gasteiger partial charge on any atom is -0.413 e. The minimum absolute atomic E-state index is 0.00184. The Kier molecular flexibility index (Phi) is 6.12. The topological polar surface area (TPSA) is 47.9 Å². The predicted molar refractivity (Wildman–Crippen MR) is 94.9 cm³/mol. The largest absolute Gasteiger partial charge is 0.413 e. The zero-order chi connectivity index (χ0) is 17.3. The van der Waals surface area contributed by atoms with Crippen LogP contribution >= 0.6 is 0 Å². The maximum absolute atomic E-state index is 10.2. The van der Waals surface area contributed by atoms with Crippen LogP contribution in [0.5, 0.6) is 0 Å². The van der Waals surface area contributed by atoms with E-state index in [1.807, 2.05) is 0 Å². The monoisotopic (exact) mass is 342 g/mol. The van der Waals surface area contributed by atoms with Crippen LogP contribution in [0.1, 0.15) is 46.5 Å². The van der Waals surface area contributed by atoms with Crippen LogP contribution in [0.4, 0.5) is 0 Å². The molecule has 2 aliphatic rings. The summed E-state index contributed by atoms with van der Waals surface area (Å²) in [7, 11) is -1.88. The molecule has 134 valence electrons. The summed E-state index contributed by atoms with van der Waals surface area (Å²) in [5.74, 6) is 0.0599. The Balaban J connectivity index is 1.98. The summed E-state index contributed by atoms with van der Waals surface area (Å²) >= 11 is 0. The molecule has 0 spiro atoms. The number of rotatable bonds is 5. The van der Waals surface area contributed by atoms with Crippen molar-refractivity contribution in [2.45, 2.75) is 83.1 Å². The summed E-state index contributed by atoms with van der Waals surface area (Å²) in [6.45, 7) is 16.6. The van der Waals surface area contributed by atoms with E-state index in [-0.39, 0.29) is 23.4 Å². The molecule has 1 unspecified atom stereocenters. The smallest absolute Gasteiger partial charge is 0.192 e. The Morgan fingerprint density at radius 3 is 2.57 bits per heavy atom. The molecule has 4 nitrogen and oxygen atoms in total. The summed E-state index contributed by atoms with van der Waals surface area (Å²) in [5, 5.41) is 10.4. The first kappa shape index (κ1) is 19.1. The number of hydrogen-bond donors (Lipinski definition) is 1. The van der Waals surface area contributed by atoms with Crippen LogP contribution in [0.15, 0.2) is 12.2 Å². The molecule has 1 aliphatic carbocycles. The van der Waals surface area contributed by atoms with Crippen molar-refractivity contribution in [1.29, 1.82) is 0 Å². The van der Waals surface area contributed by atoms with Gasteiger partial charge in [0.15, 0.2) is 14.6 Å². The fraction of sp³-hybridized carbons (Fsp3) is 0.889. The van der Waals surface area contributed by atoms with E-state index in [2.05, 4.69) is 40.4 Å². The van der Waals surface area contributed by atoms with Crippen LogP contribution in [0.3, 0.4) is 0 Å². The van der Waals surface area contributed by atoms with Gasteiger partial charge in [-0.25, -0.2) is 0 Å². The third-order valence-corrected chi connectivity index (χ3v) is 10.2. The lowest BCUT2D eigenvalue weighted by molar-refractivity contribution is -0.170. The molecule has 23 heavy (non-hydrogen) atoms. The van der Waals surface area contributed by atoms with E-state index in [1.54, 1.807) is 0 Å². The molecule has 1 saturated heterocycles. The summed E-state index contributed by atoms with van der Waals surface area (Å²) in [5.41, 5.74) is 0.851. The van der Waals surface area contributed by atoms with Crippen LogP contribution in [-0.4, -0.2) is 45.1 Å². The van der Waals surface area contributed by atoms with Gasteiger partial charge >= 0.3 is 0 Å². The van der Waals surface area contributed by atoms with Crippen LogP contribution in [0.25, 0.3) is 0 Å². The minimum atomic E-state index is -1.88. The molecular formula is C18H34O4Si. The SMILES string of the molecule is C=C1[C@H](O)C[C@H](O[Si](C)(C)C(C)(C)C)[C@H]1COC1CCCCO1. The zero-order valence-corrected chi connectivity index (χ0v) is 16.4. The van der Waals surface area contributed by atoms with Gasteiger partial charge in [0.1, 0.15) is 0 Å². The van der Waals surface area contributed by atoms with Gasteiger partial charge < -0.3 is 19.0 Å². The first-order valence-corrected chi connectivity index (χ1v) is 11.8. The molecule has 0 amide bonds. The Hall–Kier alpha value is -0.203. The maximum atomic E-state index is 10.2. The summed E-state index contributed by atoms with van der Waals surface area (Å²) in [6, 6.07) is 0.